The quantitative estimate of drug-likeness (QED) is 0.849. The van der Waals surface area contributed by atoms with Crippen LogP contribution in [0.4, 0.5) is 5.69 Å². The zero-order valence-corrected chi connectivity index (χ0v) is 12.9. The minimum absolute atomic E-state index is 0.0562. The topological polar surface area (TPSA) is 62.5 Å². The number of carbonyl (C=O) groups is 1. The van der Waals surface area contributed by atoms with Crippen LogP contribution in [0, 0.1) is 0 Å². The molecule has 1 aromatic heterocycles. The molecule has 2 N–H and O–H groups in total. The van der Waals surface area contributed by atoms with Gasteiger partial charge in [-0.05, 0) is 38.4 Å². The van der Waals surface area contributed by atoms with E-state index in [9.17, 15) is 4.79 Å². The highest BCUT2D eigenvalue weighted by atomic mass is 35.5. The maximum absolute atomic E-state index is 12.6. The van der Waals surface area contributed by atoms with Crippen molar-refractivity contribution in [1.29, 1.82) is 0 Å². The standard InChI is InChI=1S/C15H21ClN4O/c16-14-13(8-11(17)9-18-14)15(21)20-7-4-12(10-20)19-5-2-1-3-6-19/h8-9,12H,1-7,10,17H2. The molecule has 0 bridgehead atoms. The van der Waals surface area contributed by atoms with Crippen molar-refractivity contribution in [2.24, 2.45) is 0 Å². The van der Waals surface area contributed by atoms with Gasteiger partial charge >= 0.3 is 0 Å². The summed E-state index contributed by atoms with van der Waals surface area (Å²) in [5.74, 6) is -0.0562. The second kappa shape index (κ2) is 6.20. The van der Waals surface area contributed by atoms with Gasteiger partial charge in [-0.25, -0.2) is 4.98 Å². The van der Waals surface area contributed by atoms with Gasteiger partial charge in [-0.1, -0.05) is 18.0 Å². The lowest BCUT2D eigenvalue weighted by Crippen LogP contribution is -2.41. The minimum Gasteiger partial charge on any atom is -0.397 e. The van der Waals surface area contributed by atoms with Crippen molar-refractivity contribution in [2.75, 3.05) is 31.9 Å². The summed E-state index contributed by atoms with van der Waals surface area (Å²) in [5.41, 5.74) is 6.59. The predicted octanol–water partition coefficient (Wildman–Crippen LogP) is 2.02. The molecule has 2 aliphatic heterocycles. The number of aromatic nitrogens is 1. The first-order chi connectivity index (χ1) is 10.1. The third kappa shape index (κ3) is 3.14. The number of amides is 1. The van der Waals surface area contributed by atoms with Crippen molar-refractivity contribution in [3.8, 4) is 0 Å². The first kappa shape index (κ1) is 14.6. The van der Waals surface area contributed by atoms with E-state index in [1.165, 1.54) is 25.5 Å². The molecule has 0 aromatic carbocycles. The summed E-state index contributed by atoms with van der Waals surface area (Å²) in [5, 5.41) is 0.232. The van der Waals surface area contributed by atoms with E-state index in [-0.39, 0.29) is 11.1 Å². The lowest BCUT2D eigenvalue weighted by Gasteiger charge is -2.32. The predicted molar refractivity (Wildman–Crippen MR) is 83.4 cm³/mol. The first-order valence-electron chi connectivity index (χ1n) is 7.59. The van der Waals surface area contributed by atoms with Crippen LogP contribution in [-0.4, -0.2) is 52.9 Å². The molecule has 0 saturated carbocycles. The zero-order chi connectivity index (χ0) is 14.8. The van der Waals surface area contributed by atoms with Crippen molar-refractivity contribution in [3.63, 3.8) is 0 Å². The van der Waals surface area contributed by atoms with Gasteiger partial charge in [0, 0.05) is 19.1 Å². The Balaban J connectivity index is 1.67. The number of piperidine rings is 1. The van der Waals surface area contributed by atoms with Gasteiger partial charge in [-0.2, -0.15) is 0 Å². The van der Waals surface area contributed by atoms with Crippen LogP contribution in [0.5, 0.6) is 0 Å². The fourth-order valence-corrected chi connectivity index (χ4v) is 3.48. The van der Waals surface area contributed by atoms with Crippen molar-refractivity contribution in [1.82, 2.24) is 14.8 Å². The molecule has 3 heterocycles. The summed E-state index contributed by atoms with van der Waals surface area (Å²) in [4.78, 5) is 20.9. The van der Waals surface area contributed by atoms with Crippen LogP contribution < -0.4 is 5.73 Å². The van der Waals surface area contributed by atoms with E-state index in [4.69, 9.17) is 17.3 Å². The second-order valence-corrected chi connectivity index (χ2v) is 6.26. The summed E-state index contributed by atoms with van der Waals surface area (Å²) in [6, 6.07) is 2.10. The van der Waals surface area contributed by atoms with Crippen LogP contribution in [0.15, 0.2) is 12.3 Å². The highest BCUT2D eigenvalue weighted by Crippen LogP contribution is 2.24. The fraction of sp³-hybridized carbons (Fsp3) is 0.600. The molecule has 2 aliphatic rings. The van der Waals surface area contributed by atoms with Gasteiger partial charge in [0.15, 0.2) is 0 Å². The monoisotopic (exact) mass is 308 g/mol. The molecule has 1 unspecified atom stereocenters. The third-order valence-electron chi connectivity index (χ3n) is 4.45. The number of hydrogen-bond donors (Lipinski definition) is 1. The molecule has 2 saturated heterocycles. The second-order valence-electron chi connectivity index (χ2n) is 5.90. The number of anilines is 1. The van der Waals surface area contributed by atoms with Crippen molar-refractivity contribution < 1.29 is 4.79 Å². The van der Waals surface area contributed by atoms with Crippen molar-refractivity contribution in [2.45, 2.75) is 31.7 Å². The molecule has 21 heavy (non-hydrogen) atoms. The molecule has 0 radical (unpaired) electrons. The number of rotatable bonds is 2. The first-order valence-corrected chi connectivity index (χ1v) is 7.97. The van der Waals surface area contributed by atoms with Crippen LogP contribution >= 0.6 is 11.6 Å². The molecule has 6 heteroatoms. The van der Waals surface area contributed by atoms with Gasteiger partial charge in [-0.3, -0.25) is 9.69 Å². The smallest absolute Gasteiger partial charge is 0.257 e. The van der Waals surface area contributed by atoms with Crippen molar-refractivity contribution >= 4 is 23.2 Å². The Labute approximate surface area is 130 Å². The number of pyridine rings is 1. The molecule has 1 amide bonds. The van der Waals surface area contributed by atoms with Gasteiger partial charge in [0.25, 0.3) is 5.91 Å². The molecule has 5 nitrogen and oxygen atoms in total. The summed E-state index contributed by atoms with van der Waals surface area (Å²) in [7, 11) is 0. The molecule has 0 spiro atoms. The molecule has 2 fully saturated rings. The van der Waals surface area contributed by atoms with Gasteiger partial charge in [-0.15, -0.1) is 0 Å². The normalized spacial score (nSPS) is 23.5. The van der Waals surface area contributed by atoms with E-state index in [0.717, 1.165) is 32.6 Å². The molecule has 114 valence electrons. The average molecular weight is 309 g/mol. The highest BCUT2D eigenvalue weighted by Gasteiger charge is 2.32. The average Bonchev–Trinajstić information content (AvgIpc) is 3.00. The number of carbonyl (C=O) groups excluding carboxylic acids is 1. The largest absolute Gasteiger partial charge is 0.397 e. The number of likely N-dealkylation sites (tertiary alicyclic amines) is 2. The van der Waals surface area contributed by atoms with E-state index < -0.39 is 0 Å². The SMILES string of the molecule is Nc1cnc(Cl)c(C(=O)N2CCC(N3CCCCC3)C2)c1. The van der Waals surface area contributed by atoms with Crippen LogP contribution in [0.25, 0.3) is 0 Å². The zero-order valence-electron chi connectivity index (χ0n) is 12.1. The lowest BCUT2D eigenvalue weighted by atomic mass is 10.1. The number of halogens is 1. The Kier molecular flexibility index (Phi) is 4.31. The summed E-state index contributed by atoms with van der Waals surface area (Å²) >= 11 is 6.03. The third-order valence-corrected chi connectivity index (χ3v) is 4.75. The summed E-state index contributed by atoms with van der Waals surface area (Å²) in [6.07, 6.45) is 6.39. The van der Waals surface area contributed by atoms with Gasteiger partial charge in [0.2, 0.25) is 0 Å². The van der Waals surface area contributed by atoms with Crippen molar-refractivity contribution in [3.05, 3.63) is 23.0 Å². The van der Waals surface area contributed by atoms with E-state index in [1.54, 1.807) is 6.07 Å². The molecular formula is C15H21ClN4O. The van der Waals surface area contributed by atoms with E-state index in [1.807, 2.05) is 4.90 Å². The van der Waals surface area contributed by atoms with Gasteiger partial charge < -0.3 is 10.6 Å². The fourth-order valence-electron chi connectivity index (χ4n) is 3.29. The Morgan fingerprint density at radius 2 is 2.05 bits per heavy atom. The minimum atomic E-state index is -0.0562. The molecule has 0 aliphatic carbocycles. The Hall–Kier alpha value is -1.33. The summed E-state index contributed by atoms with van der Waals surface area (Å²) < 4.78 is 0. The Morgan fingerprint density at radius 1 is 1.29 bits per heavy atom. The molecule has 1 atom stereocenters. The van der Waals surface area contributed by atoms with Crippen LogP contribution in [0.3, 0.4) is 0 Å². The van der Waals surface area contributed by atoms with E-state index in [2.05, 4.69) is 9.88 Å². The molecular weight excluding hydrogens is 288 g/mol. The van der Waals surface area contributed by atoms with Crippen LogP contribution in [0.1, 0.15) is 36.0 Å². The Bertz CT molecular complexity index is 530. The summed E-state index contributed by atoms with van der Waals surface area (Å²) in [6.45, 7) is 3.88. The highest BCUT2D eigenvalue weighted by molar-refractivity contribution is 6.32. The number of hydrogen-bond acceptors (Lipinski definition) is 4. The molecule has 3 rings (SSSR count). The van der Waals surface area contributed by atoms with E-state index >= 15 is 0 Å². The van der Waals surface area contributed by atoms with Crippen LogP contribution in [-0.2, 0) is 0 Å². The van der Waals surface area contributed by atoms with Gasteiger partial charge in [0.05, 0.1) is 17.4 Å². The molecule has 1 aromatic rings. The number of nitrogen functional groups attached to an aromatic ring is 1. The van der Waals surface area contributed by atoms with E-state index in [0.29, 0.717) is 17.3 Å². The lowest BCUT2D eigenvalue weighted by molar-refractivity contribution is 0.0771. The number of nitrogens with two attached hydrogens (primary N) is 1. The Morgan fingerprint density at radius 3 is 2.81 bits per heavy atom. The van der Waals surface area contributed by atoms with Crippen LogP contribution in [0.2, 0.25) is 5.15 Å². The number of nitrogens with zero attached hydrogens (tertiary/aromatic N) is 3. The van der Waals surface area contributed by atoms with Gasteiger partial charge in [0.1, 0.15) is 5.15 Å². The maximum Gasteiger partial charge on any atom is 0.257 e. The maximum atomic E-state index is 12.6.